The summed E-state index contributed by atoms with van der Waals surface area (Å²) in [5.74, 6) is 1.35. The van der Waals surface area contributed by atoms with Crippen LogP contribution in [-0.2, 0) is 6.54 Å². The molecule has 1 aromatic rings. The molecule has 0 heterocycles. The number of anilines is 1. The molecular weight excluding hydrogens is 324 g/mol. The van der Waals surface area contributed by atoms with E-state index >= 15 is 0 Å². The number of benzene rings is 1. The zero-order valence-corrected chi connectivity index (χ0v) is 16.0. The first kappa shape index (κ1) is 18.5. The number of halogens is 1. The van der Waals surface area contributed by atoms with Crippen molar-refractivity contribution in [3.8, 4) is 0 Å². The minimum Gasteiger partial charge on any atom is -0.369 e. The predicted octanol–water partition coefficient (Wildman–Crippen LogP) is 5.07. The van der Waals surface area contributed by atoms with E-state index in [9.17, 15) is 0 Å². The van der Waals surface area contributed by atoms with Gasteiger partial charge in [0.25, 0.3) is 0 Å². The molecule has 1 aromatic carbocycles. The summed E-state index contributed by atoms with van der Waals surface area (Å²) in [5, 5.41) is 3.50. The molecule has 0 radical (unpaired) electrons. The molecule has 0 aromatic heterocycles. The summed E-state index contributed by atoms with van der Waals surface area (Å²) in [6, 6.07) is 7.26. The van der Waals surface area contributed by atoms with E-state index < -0.39 is 0 Å². The lowest BCUT2D eigenvalue weighted by molar-refractivity contribution is 0.551. The maximum Gasteiger partial charge on any atom is 0.0380 e. The molecule has 21 heavy (non-hydrogen) atoms. The highest BCUT2D eigenvalue weighted by molar-refractivity contribution is 9.10. The van der Waals surface area contributed by atoms with Crippen molar-refractivity contribution in [3.05, 3.63) is 28.2 Å². The van der Waals surface area contributed by atoms with Gasteiger partial charge in [-0.3, -0.25) is 0 Å². The number of nitrogens with one attached hydrogen (secondary N) is 1. The standard InChI is InChI=1S/C18H31BrN2/c1-13(2)10-20-11-16-7-8-17(9-18(16)19)21(15(5)6)12-14(3)4/h7-9,13-15,20H,10-12H2,1-6H3. The summed E-state index contributed by atoms with van der Waals surface area (Å²) in [5.41, 5.74) is 2.63. The number of hydrogen-bond acceptors (Lipinski definition) is 2. The van der Waals surface area contributed by atoms with Crippen LogP contribution in [0.15, 0.2) is 22.7 Å². The molecule has 1 N–H and O–H groups in total. The van der Waals surface area contributed by atoms with Gasteiger partial charge in [0.05, 0.1) is 0 Å². The first-order valence-corrected chi connectivity index (χ1v) is 8.86. The molecule has 0 bridgehead atoms. The minimum atomic E-state index is 0.518. The lowest BCUT2D eigenvalue weighted by Crippen LogP contribution is -2.34. The molecule has 0 aliphatic rings. The quantitative estimate of drug-likeness (QED) is 0.701. The Morgan fingerprint density at radius 3 is 2.19 bits per heavy atom. The van der Waals surface area contributed by atoms with E-state index in [1.807, 2.05) is 0 Å². The van der Waals surface area contributed by atoms with Crippen molar-refractivity contribution in [1.82, 2.24) is 5.32 Å². The van der Waals surface area contributed by atoms with Gasteiger partial charge in [0.1, 0.15) is 0 Å². The molecule has 0 atom stereocenters. The zero-order chi connectivity index (χ0) is 16.0. The lowest BCUT2D eigenvalue weighted by atomic mass is 10.1. The Balaban J connectivity index is 2.79. The highest BCUT2D eigenvalue weighted by Gasteiger charge is 2.13. The Morgan fingerprint density at radius 2 is 1.71 bits per heavy atom. The number of nitrogens with zero attached hydrogens (tertiary/aromatic N) is 1. The Hall–Kier alpha value is -0.540. The topological polar surface area (TPSA) is 15.3 Å². The van der Waals surface area contributed by atoms with Crippen molar-refractivity contribution in [2.75, 3.05) is 18.0 Å². The smallest absolute Gasteiger partial charge is 0.0380 e. The van der Waals surface area contributed by atoms with Crippen molar-refractivity contribution < 1.29 is 0 Å². The molecule has 0 saturated heterocycles. The van der Waals surface area contributed by atoms with Crippen molar-refractivity contribution >= 4 is 21.6 Å². The van der Waals surface area contributed by atoms with Gasteiger partial charge in [0.15, 0.2) is 0 Å². The first-order valence-electron chi connectivity index (χ1n) is 8.07. The van der Waals surface area contributed by atoms with Crippen molar-refractivity contribution in [1.29, 1.82) is 0 Å². The molecule has 120 valence electrons. The largest absolute Gasteiger partial charge is 0.369 e. The summed E-state index contributed by atoms with van der Waals surface area (Å²) in [6.45, 7) is 16.6. The van der Waals surface area contributed by atoms with Gasteiger partial charge in [-0.15, -0.1) is 0 Å². The SMILES string of the molecule is CC(C)CNCc1ccc(N(CC(C)C)C(C)C)cc1Br. The molecule has 0 spiro atoms. The maximum absolute atomic E-state index is 3.73. The van der Waals surface area contributed by atoms with Crippen LogP contribution < -0.4 is 10.2 Å². The van der Waals surface area contributed by atoms with E-state index in [-0.39, 0.29) is 0 Å². The Morgan fingerprint density at radius 1 is 1.05 bits per heavy atom. The van der Waals surface area contributed by atoms with Gasteiger partial charge >= 0.3 is 0 Å². The van der Waals surface area contributed by atoms with Crippen LogP contribution in [0.2, 0.25) is 0 Å². The van der Waals surface area contributed by atoms with E-state index in [2.05, 4.69) is 85.9 Å². The fourth-order valence-corrected chi connectivity index (χ4v) is 2.87. The maximum atomic E-state index is 3.73. The predicted molar refractivity (Wildman–Crippen MR) is 98.0 cm³/mol. The Labute approximate surface area is 139 Å². The fourth-order valence-electron chi connectivity index (χ4n) is 2.36. The average Bonchev–Trinajstić information content (AvgIpc) is 2.37. The number of hydrogen-bond donors (Lipinski definition) is 1. The zero-order valence-electron chi connectivity index (χ0n) is 14.4. The average molecular weight is 355 g/mol. The third-order valence-corrected chi connectivity index (χ3v) is 4.16. The van der Waals surface area contributed by atoms with Gasteiger partial charge in [-0.05, 0) is 49.9 Å². The first-order chi connectivity index (χ1) is 9.81. The highest BCUT2D eigenvalue weighted by atomic mass is 79.9. The van der Waals surface area contributed by atoms with Gasteiger partial charge < -0.3 is 10.2 Å². The normalized spacial score (nSPS) is 11.7. The molecule has 0 unspecified atom stereocenters. The van der Waals surface area contributed by atoms with E-state index in [0.29, 0.717) is 17.9 Å². The number of rotatable bonds is 8. The van der Waals surface area contributed by atoms with Crippen LogP contribution in [0.1, 0.15) is 47.1 Å². The highest BCUT2D eigenvalue weighted by Crippen LogP contribution is 2.26. The lowest BCUT2D eigenvalue weighted by Gasteiger charge is -2.31. The molecule has 3 heteroatoms. The third-order valence-electron chi connectivity index (χ3n) is 3.42. The second-order valence-corrected chi connectivity index (χ2v) is 7.79. The second kappa shape index (κ2) is 8.79. The van der Waals surface area contributed by atoms with E-state index in [0.717, 1.165) is 19.6 Å². The Kier molecular flexibility index (Phi) is 7.75. The van der Waals surface area contributed by atoms with Crippen LogP contribution in [0.5, 0.6) is 0 Å². The van der Waals surface area contributed by atoms with Crippen LogP contribution in [-0.4, -0.2) is 19.1 Å². The molecule has 1 rings (SSSR count). The molecule has 0 aliphatic heterocycles. The molecule has 0 aliphatic carbocycles. The van der Waals surface area contributed by atoms with Crippen LogP contribution >= 0.6 is 15.9 Å². The van der Waals surface area contributed by atoms with Gasteiger partial charge in [-0.2, -0.15) is 0 Å². The van der Waals surface area contributed by atoms with Gasteiger partial charge in [0, 0.05) is 29.3 Å². The summed E-state index contributed by atoms with van der Waals surface area (Å²) < 4.78 is 1.20. The van der Waals surface area contributed by atoms with Gasteiger partial charge in [0.2, 0.25) is 0 Å². The fraction of sp³-hybridized carbons (Fsp3) is 0.667. The second-order valence-electron chi connectivity index (χ2n) is 6.94. The molecule has 0 amide bonds. The van der Waals surface area contributed by atoms with Crippen LogP contribution in [0.25, 0.3) is 0 Å². The summed E-state index contributed by atoms with van der Waals surface area (Å²) >= 11 is 3.73. The molecule has 0 saturated carbocycles. The van der Waals surface area contributed by atoms with Gasteiger partial charge in [-0.1, -0.05) is 49.7 Å². The molecular formula is C18H31BrN2. The van der Waals surface area contributed by atoms with E-state index in [4.69, 9.17) is 0 Å². The summed E-state index contributed by atoms with van der Waals surface area (Å²) in [7, 11) is 0. The minimum absolute atomic E-state index is 0.518. The summed E-state index contributed by atoms with van der Waals surface area (Å²) in [4.78, 5) is 2.47. The van der Waals surface area contributed by atoms with Crippen LogP contribution in [0.3, 0.4) is 0 Å². The molecule has 2 nitrogen and oxygen atoms in total. The van der Waals surface area contributed by atoms with Crippen molar-refractivity contribution in [3.63, 3.8) is 0 Å². The van der Waals surface area contributed by atoms with Crippen molar-refractivity contribution in [2.45, 2.75) is 54.1 Å². The van der Waals surface area contributed by atoms with Gasteiger partial charge in [-0.25, -0.2) is 0 Å². The van der Waals surface area contributed by atoms with E-state index in [1.165, 1.54) is 15.7 Å². The van der Waals surface area contributed by atoms with E-state index in [1.54, 1.807) is 0 Å². The third kappa shape index (κ3) is 6.39. The van der Waals surface area contributed by atoms with Crippen LogP contribution in [0.4, 0.5) is 5.69 Å². The van der Waals surface area contributed by atoms with Crippen LogP contribution in [0, 0.1) is 11.8 Å². The Bertz CT molecular complexity index is 427. The summed E-state index contributed by atoms with van der Waals surface area (Å²) in [6.07, 6.45) is 0. The monoisotopic (exact) mass is 354 g/mol. The molecule has 0 fully saturated rings. The van der Waals surface area contributed by atoms with Crippen molar-refractivity contribution in [2.24, 2.45) is 11.8 Å².